The van der Waals surface area contributed by atoms with Crippen molar-refractivity contribution in [1.29, 1.82) is 0 Å². The lowest BCUT2D eigenvalue weighted by Crippen LogP contribution is -2.15. The number of hydrazine groups is 1. The largest absolute Gasteiger partial charge is 0.379 e. The third-order valence-electron chi connectivity index (χ3n) is 2.39. The van der Waals surface area contributed by atoms with Gasteiger partial charge in [-0.2, -0.15) is 0 Å². The number of ether oxygens (including phenoxy) is 2. The van der Waals surface area contributed by atoms with Gasteiger partial charge in [0.1, 0.15) is 5.82 Å². The van der Waals surface area contributed by atoms with Crippen LogP contribution in [0.2, 0.25) is 0 Å². The van der Waals surface area contributed by atoms with Crippen molar-refractivity contribution in [2.45, 2.75) is 19.1 Å². The molecule has 0 bridgehead atoms. The minimum atomic E-state index is 0.204. The van der Waals surface area contributed by atoms with Crippen LogP contribution in [-0.2, 0) is 16.1 Å². The third kappa shape index (κ3) is 2.65. The van der Waals surface area contributed by atoms with E-state index >= 15 is 0 Å². The Morgan fingerprint density at radius 1 is 1.67 bits per heavy atom. The van der Waals surface area contributed by atoms with E-state index in [-0.39, 0.29) is 6.10 Å². The predicted octanol–water partition coefficient (Wildman–Crippen LogP) is 0.673. The highest BCUT2D eigenvalue weighted by Gasteiger charge is 2.16. The molecule has 3 N–H and O–H groups in total. The Morgan fingerprint density at radius 3 is 3.33 bits per heavy atom. The van der Waals surface area contributed by atoms with Gasteiger partial charge in [0.15, 0.2) is 0 Å². The molecule has 1 saturated heterocycles. The number of nitrogens with zero attached hydrogens (tertiary/aromatic N) is 1. The van der Waals surface area contributed by atoms with Crippen LogP contribution in [0.5, 0.6) is 0 Å². The standard InChI is InChI=1S/C10H15N3O2/c11-13-10-8(2-1-4-12-10)6-15-9-3-5-14-7-9/h1-2,4,9H,3,5-7,11H2,(H,12,13). The van der Waals surface area contributed by atoms with Gasteiger partial charge in [-0.25, -0.2) is 10.8 Å². The monoisotopic (exact) mass is 209 g/mol. The maximum absolute atomic E-state index is 5.67. The van der Waals surface area contributed by atoms with E-state index < -0.39 is 0 Å². The second-order valence-corrected chi connectivity index (χ2v) is 3.45. The lowest BCUT2D eigenvalue weighted by atomic mass is 10.2. The molecule has 0 aromatic carbocycles. The molecule has 1 aromatic heterocycles. The number of nitrogens with one attached hydrogen (secondary N) is 1. The number of anilines is 1. The highest BCUT2D eigenvalue weighted by Crippen LogP contribution is 2.15. The zero-order valence-electron chi connectivity index (χ0n) is 8.48. The summed E-state index contributed by atoms with van der Waals surface area (Å²) in [7, 11) is 0. The fourth-order valence-electron chi connectivity index (χ4n) is 1.54. The second-order valence-electron chi connectivity index (χ2n) is 3.45. The first-order valence-electron chi connectivity index (χ1n) is 5.00. The van der Waals surface area contributed by atoms with Gasteiger partial charge in [-0.15, -0.1) is 0 Å². The van der Waals surface area contributed by atoms with E-state index in [4.69, 9.17) is 15.3 Å². The molecule has 5 heteroatoms. The molecular weight excluding hydrogens is 194 g/mol. The van der Waals surface area contributed by atoms with Crippen molar-refractivity contribution in [2.75, 3.05) is 18.6 Å². The van der Waals surface area contributed by atoms with Crippen molar-refractivity contribution in [3.63, 3.8) is 0 Å². The Morgan fingerprint density at radius 2 is 2.60 bits per heavy atom. The molecule has 0 spiro atoms. The van der Waals surface area contributed by atoms with Gasteiger partial charge in [0.25, 0.3) is 0 Å². The minimum Gasteiger partial charge on any atom is -0.379 e. The van der Waals surface area contributed by atoms with Crippen LogP contribution in [-0.4, -0.2) is 24.3 Å². The van der Waals surface area contributed by atoms with Crippen LogP contribution in [0.15, 0.2) is 18.3 Å². The number of pyridine rings is 1. The molecule has 1 fully saturated rings. The van der Waals surface area contributed by atoms with Crippen molar-refractivity contribution in [2.24, 2.45) is 5.84 Å². The molecule has 2 rings (SSSR count). The first-order chi connectivity index (χ1) is 7.40. The summed E-state index contributed by atoms with van der Waals surface area (Å²) in [5, 5.41) is 0. The normalized spacial score (nSPS) is 20.5. The average molecular weight is 209 g/mol. The lowest BCUT2D eigenvalue weighted by molar-refractivity contribution is 0.0319. The first kappa shape index (κ1) is 10.4. The minimum absolute atomic E-state index is 0.204. The van der Waals surface area contributed by atoms with Crippen LogP contribution >= 0.6 is 0 Å². The van der Waals surface area contributed by atoms with E-state index in [1.165, 1.54) is 0 Å². The fraction of sp³-hybridized carbons (Fsp3) is 0.500. The van der Waals surface area contributed by atoms with Gasteiger partial charge in [0.2, 0.25) is 0 Å². The molecule has 0 saturated carbocycles. The second kappa shape index (κ2) is 5.06. The van der Waals surface area contributed by atoms with Gasteiger partial charge in [-0.05, 0) is 12.5 Å². The summed E-state index contributed by atoms with van der Waals surface area (Å²) >= 11 is 0. The summed E-state index contributed by atoms with van der Waals surface area (Å²) in [5.41, 5.74) is 3.51. The number of nitrogens with two attached hydrogens (primary N) is 1. The molecule has 1 atom stereocenters. The average Bonchev–Trinajstić information content (AvgIpc) is 2.79. The molecule has 5 nitrogen and oxygen atoms in total. The van der Waals surface area contributed by atoms with E-state index in [1.54, 1.807) is 6.20 Å². The summed E-state index contributed by atoms with van der Waals surface area (Å²) in [6.45, 7) is 1.99. The van der Waals surface area contributed by atoms with Crippen LogP contribution < -0.4 is 11.3 Å². The van der Waals surface area contributed by atoms with Gasteiger partial charge < -0.3 is 14.9 Å². The van der Waals surface area contributed by atoms with Gasteiger partial charge in [-0.3, -0.25) is 0 Å². The SMILES string of the molecule is NNc1ncccc1COC1CCOC1. The topological polar surface area (TPSA) is 69.4 Å². The molecule has 82 valence electrons. The van der Waals surface area contributed by atoms with Gasteiger partial charge in [0.05, 0.1) is 19.3 Å². The fourth-order valence-corrected chi connectivity index (χ4v) is 1.54. The maximum atomic E-state index is 5.67. The van der Waals surface area contributed by atoms with E-state index in [2.05, 4.69) is 10.4 Å². The summed E-state index contributed by atoms with van der Waals surface area (Å²) in [5.74, 6) is 6.00. The van der Waals surface area contributed by atoms with Crippen LogP contribution in [0.1, 0.15) is 12.0 Å². The van der Waals surface area contributed by atoms with Gasteiger partial charge in [0, 0.05) is 18.4 Å². The van der Waals surface area contributed by atoms with Crippen LogP contribution in [0.25, 0.3) is 0 Å². The molecule has 0 aliphatic carbocycles. The number of rotatable bonds is 4. The molecule has 1 aromatic rings. The Balaban J connectivity index is 1.91. The molecular formula is C10H15N3O2. The summed E-state index contributed by atoms with van der Waals surface area (Å²) in [6.07, 6.45) is 2.86. The van der Waals surface area contributed by atoms with Crippen molar-refractivity contribution >= 4 is 5.82 Å². The van der Waals surface area contributed by atoms with Crippen LogP contribution in [0.3, 0.4) is 0 Å². The van der Waals surface area contributed by atoms with Crippen molar-refractivity contribution in [1.82, 2.24) is 4.98 Å². The van der Waals surface area contributed by atoms with Crippen molar-refractivity contribution < 1.29 is 9.47 Å². The predicted molar refractivity (Wildman–Crippen MR) is 56.1 cm³/mol. The molecule has 1 aliphatic rings. The number of aromatic nitrogens is 1. The lowest BCUT2D eigenvalue weighted by Gasteiger charge is -2.11. The molecule has 0 amide bonds. The highest BCUT2D eigenvalue weighted by atomic mass is 16.5. The Bertz CT molecular complexity index is 313. The molecule has 0 radical (unpaired) electrons. The van der Waals surface area contributed by atoms with Crippen molar-refractivity contribution in [3.8, 4) is 0 Å². The Kier molecular flexibility index (Phi) is 3.49. The quantitative estimate of drug-likeness (QED) is 0.563. The first-order valence-corrected chi connectivity index (χ1v) is 5.00. The smallest absolute Gasteiger partial charge is 0.145 e. The Labute approximate surface area is 88.6 Å². The molecule has 1 unspecified atom stereocenters. The maximum Gasteiger partial charge on any atom is 0.145 e. The van der Waals surface area contributed by atoms with Crippen LogP contribution in [0.4, 0.5) is 5.82 Å². The zero-order chi connectivity index (χ0) is 10.5. The summed E-state index contributed by atoms with van der Waals surface area (Å²) in [6, 6.07) is 3.81. The number of hydrogen-bond acceptors (Lipinski definition) is 5. The van der Waals surface area contributed by atoms with Crippen LogP contribution in [0, 0.1) is 0 Å². The summed E-state index contributed by atoms with van der Waals surface area (Å²) in [4.78, 5) is 4.10. The van der Waals surface area contributed by atoms with Gasteiger partial charge in [-0.1, -0.05) is 6.07 Å². The van der Waals surface area contributed by atoms with Gasteiger partial charge >= 0.3 is 0 Å². The van der Waals surface area contributed by atoms with E-state index in [1.807, 2.05) is 12.1 Å². The van der Waals surface area contributed by atoms with E-state index in [9.17, 15) is 0 Å². The third-order valence-corrected chi connectivity index (χ3v) is 2.39. The Hall–Kier alpha value is -1.17. The molecule has 15 heavy (non-hydrogen) atoms. The molecule has 1 aliphatic heterocycles. The molecule has 2 heterocycles. The van der Waals surface area contributed by atoms with E-state index in [0.29, 0.717) is 19.0 Å². The van der Waals surface area contributed by atoms with E-state index in [0.717, 1.165) is 18.6 Å². The summed E-state index contributed by atoms with van der Waals surface area (Å²) < 4.78 is 10.9. The number of nitrogen functional groups attached to an aromatic ring is 1. The van der Waals surface area contributed by atoms with Crippen molar-refractivity contribution in [3.05, 3.63) is 23.9 Å². The number of hydrogen-bond donors (Lipinski definition) is 2. The highest BCUT2D eigenvalue weighted by molar-refractivity contribution is 5.41. The zero-order valence-corrected chi connectivity index (χ0v) is 8.48.